The first kappa shape index (κ1) is 14.7. The van der Waals surface area contributed by atoms with E-state index in [-0.39, 0.29) is 0 Å². The molecule has 0 aliphatic heterocycles. The number of aromatic nitrogens is 2. The Morgan fingerprint density at radius 3 is 2.83 bits per heavy atom. The first-order chi connectivity index (χ1) is 8.86. The van der Waals surface area contributed by atoms with Crippen LogP contribution in [0.1, 0.15) is 12.8 Å². The Morgan fingerprint density at radius 2 is 2.06 bits per heavy atom. The molecule has 0 saturated heterocycles. The molecule has 0 aliphatic rings. The first-order valence-electron chi connectivity index (χ1n) is 6.04. The van der Waals surface area contributed by atoms with Crippen molar-refractivity contribution in [2.24, 2.45) is 0 Å². The zero-order chi connectivity index (χ0) is 13.1. The molecule has 1 heterocycles. The standard InChI is InChI=1S/C12H21N3O3/c1-16-9-10-18-8-4-3-6-13-12-14-7-5-11(15-12)17-2/h5,7H,3-4,6,8-10H2,1-2H3,(H,13,14,15). The highest BCUT2D eigenvalue weighted by Gasteiger charge is 1.97. The number of hydrogen-bond acceptors (Lipinski definition) is 6. The molecule has 6 nitrogen and oxygen atoms in total. The van der Waals surface area contributed by atoms with Gasteiger partial charge in [0.15, 0.2) is 0 Å². The number of ether oxygens (including phenoxy) is 3. The summed E-state index contributed by atoms with van der Waals surface area (Å²) in [6.45, 7) is 2.88. The Labute approximate surface area is 108 Å². The molecule has 1 aromatic heterocycles. The van der Waals surface area contributed by atoms with Gasteiger partial charge in [-0.1, -0.05) is 0 Å². The highest BCUT2D eigenvalue weighted by Crippen LogP contribution is 2.07. The summed E-state index contributed by atoms with van der Waals surface area (Å²) in [4.78, 5) is 8.25. The lowest BCUT2D eigenvalue weighted by Crippen LogP contribution is -2.08. The third kappa shape index (κ3) is 6.36. The lowest BCUT2D eigenvalue weighted by molar-refractivity contribution is 0.0691. The fourth-order valence-corrected chi connectivity index (χ4v) is 1.31. The highest BCUT2D eigenvalue weighted by atomic mass is 16.5. The van der Waals surface area contributed by atoms with E-state index in [1.165, 1.54) is 0 Å². The van der Waals surface area contributed by atoms with Gasteiger partial charge in [0.1, 0.15) is 0 Å². The van der Waals surface area contributed by atoms with Gasteiger partial charge in [0.05, 0.1) is 20.3 Å². The van der Waals surface area contributed by atoms with Gasteiger partial charge in [0, 0.05) is 32.5 Å². The monoisotopic (exact) mass is 255 g/mol. The summed E-state index contributed by atoms with van der Waals surface area (Å²) in [6.07, 6.45) is 3.68. The van der Waals surface area contributed by atoms with E-state index in [1.54, 1.807) is 26.5 Å². The van der Waals surface area contributed by atoms with Crippen LogP contribution in [0.15, 0.2) is 12.3 Å². The van der Waals surface area contributed by atoms with Crippen molar-refractivity contribution < 1.29 is 14.2 Å². The molecule has 1 N–H and O–H groups in total. The molecule has 0 aliphatic carbocycles. The van der Waals surface area contributed by atoms with Crippen LogP contribution in [0.4, 0.5) is 5.95 Å². The van der Waals surface area contributed by atoms with Crippen LogP contribution in [-0.2, 0) is 9.47 Å². The van der Waals surface area contributed by atoms with Crippen LogP contribution in [0, 0.1) is 0 Å². The van der Waals surface area contributed by atoms with Crippen molar-refractivity contribution >= 4 is 5.95 Å². The molecule has 0 spiro atoms. The Morgan fingerprint density at radius 1 is 1.17 bits per heavy atom. The van der Waals surface area contributed by atoms with Crippen LogP contribution in [0.3, 0.4) is 0 Å². The fraction of sp³-hybridized carbons (Fsp3) is 0.667. The predicted molar refractivity (Wildman–Crippen MR) is 69.0 cm³/mol. The van der Waals surface area contributed by atoms with E-state index in [2.05, 4.69) is 15.3 Å². The van der Waals surface area contributed by atoms with E-state index in [1.807, 2.05) is 0 Å². The van der Waals surface area contributed by atoms with Gasteiger partial charge in [0.2, 0.25) is 11.8 Å². The van der Waals surface area contributed by atoms with E-state index in [0.717, 1.165) is 26.0 Å². The quantitative estimate of drug-likeness (QED) is 0.636. The van der Waals surface area contributed by atoms with Gasteiger partial charge in [-0.05, 0) is 12.8 Å². The minimum absolute atomic E-state index is 0.565. The number of methoxy groups -OCH3 is 2. The summed E-state index contributed by atoms with van der Waals surface area (Å²) in [7, 11) is 3.25. The molecule has 1 aromatic rings. The molecule has 0 aromatic carbocycles. The number of nitrogens with one attached hydrogen (secondary N) is 1. The van der Waals surface area contributed by atoms with E-state index in [4.69, 9.17) is 14.2 Å². The molecule has 0 atom stereocenters. The molecule has 0 fully saturated rings. The second kappa shape index (κ2) is 9.61. The number of hydrogen-bond donors (Lipinski definition) is 1. The largest absolute Gasteiger partial charge is 0.481 e. The van der Waals surface area contributed by atoms with Crippen molar-refractivity contribution in [3.63, 3.8) is 0 Å². The molecular weight excluding hydrogens is 234 g/mol. The molecule has 0 unspecified atom stereocenters. The maximum absolute atomic E-state index is 5.36. The van der Waals surface area contributed by atoms with E-state index in [9.17, 15) is 0 Å². The Kier molecular flexibility index (Phi) is 7.83. The van der Waals surface area contributed by atoms with Gasteiger partial charge >= 0.3 is 0 Å². The molecule has 102 valence electrons. The smallest absolute Gasteiger partial charge is 0.225 e. The molecule has 1 rings (SSSR count). The third-order valence-electron chi connectivity index (χ3n) is 2.27. The predicted octanol–water partition coefficient (Wildman–Crippen LogP) is 1.34. The van der Waals surface area contributed by atoms with Crippen molar-refractivity contribution in [2.75, 3.05) is 45.9 Å². The lowest BCUT2D eigenvalue weighted by atomic mass is 10.3. The second-order valence-corrected chi connectivity index (χ2v) is 3.66. The molecule has 0 bridgehead atoms. The molecule has 0 radical (unpaired) electrons. The average molecular weight is 255 g/mol. The van der Waals surface area contributed by atoms with Gasteiger partial charge in [-0.25, -0.2) is 4.98 Å². The van der Waals surface area contributed by atoms with Crippen LogP contribution in [-0.4, -0.2) is 50.6 Å². The van der Waals surface area contributed by atoms with E-state index >= 15 is 0 Å². The summed E-state index contributed by atoms with van der Waals surface area (Å²) in [5.74, 6) is 1.16. The Balaban J connectivity index is 2.03. The zero-order valence-electron chi connectivity index (χ0n) is 11.0. The highest BCUT2D eigenvalue weighted by molar-refractivity contribution is 5.26. The molecule has 0 saturated carbocycles. The van der Waals surface area contributed by atoms with Crippen molar-refractivity contribution in [2.45, 2.75) is 12.8 Å². The van der Waals surface area contributed by atoms with Gasteiger partial charge < -0.3 is 19.5 Å². The van der Waals surface area contributed by atoms with Crippen molar-refractivity contribution in [1.29, 1.82) is 0 Å². The lowest BCUT2D eigenvalue weighted by Gasteiger charge is -2.06. The third-order valence-corrected chi connectivity index (χ3v) is 2.27. The van der Waals surface area contributed by atoms with E-state index < -0.39 is 0 Å². The minimum atomic E-state index is 0.565. The van der Waals surface area contributed by atoms with Crippen molar-refractivity contribution in [3.05, 3.63) is 12.3 Å². The van der Waals surface area contributed by atoms with Crippen molar-refractivity contribution in [3.8, 4) is 5.88 Å². The van der Waals surface area contributed by atoms with Gasteiger partial charge in [-0.15, -0.1) is 0 Å². The zero-order valence-corrected chi connectivity index (χ0v) is 11.0. The summed E-state index contributed by atoms with van der Waals surface area (Å²) in [5, 5.41) is 3.14. The molecule has 18 heavy (non-hydrogen) atoms. The second-order valence-electron chi connectivity index (χ2n) is 3.66. The summed E-state index contributed by atoms with van der Waals surface area (Å²) >= 11 is 0. The number of nitrogens with zero attached hydrogens (tertiary/aromatic N) is 2. The minimum Gasteiger partial charge on any atom is -0.481 e. The van der Waals surface area contributed by atoms with Gasteiger partial charge in [-0.2, -0.15) is 4.98 Å². The van der Waals surface area contributed by atoms with E-state index in [0.29, 0.717) is 25.0 Å². The number of rotatable bonds is 10. The van der Waals surface area contributed by atoms with Crippen LogP contribution in [0.2, 0.25) is 0 Å². The fourth-order valence-electron chi connectivity index (χ4n) is 1.31. The maximum atomic E-state index is 5.36. The van der Waals surface area contributed by atoms with Crippen LogP contribution in [0.25, 0.3) is 0 Å². The van der Waals surface area contributed by atoms with Gasteiger partial charge in [-0.3, -0.25) is 0 Å². The van der Waals surface area contributed by atoms with Gasteiger partial charge in [0.25, 0.3) is 0 Å². The van der Waals surface area contributed by atoms with Crippen LogP contribution < -0.4 is 10.1 Å². The Hall–Kier alpha value is -1.40. The van der Waals surface area contributed by atoms with Crippen LogP contribution in [0.5, 0.6) is 5.88 Å². The SMILES string of the molecule is COCCOCCCCNc1nccc(OC)n1. The summed E-state index contributed by atoms with van der Waals surface area (Å²) in [6, 6.07) is 1.72. The number of anilines is 1. The normalized spacial score (nSPS) is 10.3. The Bertz CT molecular complexity index is 323. The van der Waals surface area contributed by atoms with Crippen LogP contribution >= 0.6 is 0 Å². The maximum Gasteiger partial charge on any atom is 0.225 e. The van der Waals surface area contributed by atoms with Crippen molar-refractivity contribution in [1.82, 2.24) is 9.97 Å². The first-order valence-corrected chi connectivity index (χ1v) is 6.04. The number of unbranched alkanes of at least 4 members (excludes halogenated alkanes) is 1. The summed E-state index contributed by atoms with van der Waals surface area (Å²) in [5.41, 5.74) is 0. The summed E-state index contributed by atoms with van der Waals surface area (Å²) < 4.78 is 15.3. The topological polar surface area (TPSA) is 65.5 Å². The molecule has 6 heteroatoms. The average Bonchev–Trinajstić information content (AvgIpc) is 2.42. The molecule has 0 amide bonds. The molecular formula is C12H21N3O3.